The lowest BCUT2D eigenvalue weighted by Crippen LogP contribution is -2.36. The minimum atomic E-state index is -1.38. The lowest BCUT2D eigenvalue weighted by Gasteiger charge is -2.32. The molecule has 0 saturated carbocycles. The van der Waals surface area contributed by atoms with Crippen LogP contribution in [0.1, 0.15) is 19.3 Å². The third-order valence-corrected chi connectivity index (χ3v) is 3.79. The van der Waals surface area contributed by atoms with Crippen molar-refractivity contribution in [3.63, 3.8) is 0 Å². The van der Waals surface area contributed by atoms with Crippen molar-refractivity contribution < 1.29 is 4.55 Å². The summed E-state index contributed by atoms with van der Waals surface area (Å²) in [6, 6.07) is 1.94. The summed E-state index contributed by atoms with van der Waals surface area (Å²) in [4.78, 5) is 10.5. The predicted octanol–water partition coefficient (Wildman–Crippen LogP) is 0.210. The Morgan fingerprint density at radius 1 is 1.50 bits per heavy atom. The predicted molar refractivity (Wildman–Crippen MR) is 71.9 cm³/mol. The average Bonchev–Trinajstić information content (AvgIpc) is 2.40. The van der Waals surface area contributed by atoms with Gasteiger partial charge < -0.3 is 9.45 Å². The Kier molecular flexibility index (Phi) is 5.18. The maximum atomic E-state index is 10.7. The average molecular weight is 269 g/mol. The Morgan fingerprint density at radius 3 is 2.89 bits per heavy atom. The monoisotopic (exact) mass is 269 g/mol. The summed E-state index contributed by atoms with van der Waals surface area (Å²) < 4.78 is 13.4. The maximum Gasteiger partial charge on any atom is 0.132 e. The minimum absolute atomic E-state index is 0.680. The lowest BCUT2D eigenvalue weighted by atomic mass is 9.94. The van der Waals surface area contributed by atoms with Crippen molar-refractivity contribution in [2.75, 3.05) is 24.5 Å². The molecule has 1 aliphatic heterocycles. The van der Waals surface area contributed by atoms with Gasteiger partial charge in [0.1, 0.15) is 23.7 Å². The number of rotatable bonds is 5. The molecule has 1 aromatic heterocycles. The molecule has 2 heterocycles. The van der Waals surface area contributed by atoms with E-state index in [0.717, 1.165) is 44.7 Å². The summed E-state index contributed by atoms with van der Waals surface area (Å²) in [5.74, 6) is 1.68. The number of hydrogen-bond donors (Lipinski definition) is 2. The molecule has 0 aliphatic carbocycles. The second-order valence-corrected chi connectivity index (χ2v) is 5.36. The molecule has 6 nitrogen and oxygen atoms in total. The van der Waals surface area contributed by atoms with E-state index in [9.17, 15) is 4.55 Å². The summed E-state index contributed by atoms with van der Waals surface area (Å²) in [7, 11) is 0. The molecule has 1 aromatic rings. The summed E-state index contributed by atoms with van der Waals surface area (Å²) in [5, 5.41) is 5.14. The second kappa shape index (κ2) is 6.89. The van der Waals surface area contributed by atoms with Crippen LogP contribution in [0.2, 0.25) is 0 Å². The highest BCUT2D eigenvalue weighted by molar-refractivity contribution is 7.87. The first-order valence-electron chi connectivity index (χ1n) is 6.16. The molecule has 7 heteroatoms. The van der Waals surface area contributed by atoms with Crippen LogP contribution in [-0.2, 0) is 11.5 Å². The van der Waals surface area contributed by atoms with Crippen LogP contribution in [0.3, 0.4) is 0 Å². The Hall–Kier alpha value is -0.890. The van der Waals surface area contributed by atoms with Crippen LogP contribution < -0.4 is 14.8 Å². The van der Waals surface area contributed by atoms with Crippen molar-refractivity contribution in [3.05, 3.63) is 18.6 Å². The first-order valence-corrected chi connectivity index (χ1v) is 7.37. The largest absolute Gasteiger partial charge is 0.579 e. The summed E-state index contributed by atoms with van der Waals surface area (Å²) in [5.41, 5.74) is 0. The number of anilines is 1. The van der Waals surface area contributed by atoms with Crippen LogP contribution >= 0.6 is 0 Å². The van der Waals surface area contributed by atoms with Crippen LogP contribution in [0.4, 0.5) is 5.82 Å². The quantitative estimate of drug-likeness (QED) is 0.743. The number of hydrogen-bond acceptors (Lipinski definition) is 6. The number of nitrogens with one attached hydrogen (secondary N) is 1. The molecule has 3 N–H and O–H groups in total. The van der Waals surface area contributed by atoms with Gasteiger partial charge in [0.25, 0.3) is 0 Å². The van der Waals surface area contributed by atoms with Gasteiger partial charge in [-0.05, 0) is 31.2 Å². The van der Waals surface area contributed by atoms with Gasteiger partial charge in [-0.15, -0.1) is 9.86 Å². The van der Waals surface area contributed by atoms with Gasteiger partial charge in [0.15, 0.2) is 0 Å². The number of aromatic nitrogens is 2. The minimum Gasteiger partial charge on any atom is -0.579 e. The van der Waals surface area contributed by atoms with E-state index in [0.29, 0.717) is 5.92 Å². The number of nitrogens with zero attached hydrogens (tertiary/aromatic N) is 3. The van der Waals surface area contributed by atoms with Crippen LogP contribution in [0.25, 0.3) is 0 Å². The molecule has 0 radical (unpaired) electrons. The fraction of sp³-hybridized carbons (Fsp3) is 0.636. The van der Waals surface area contributed by atoms with E-state index in [1.165, 1.54) is 0 Å². The van der Waals surface area contributed by atoms with E-state index in [2.05, 4.69) is 19.6 Å². The SMILES string of the molecule is N[S+]([O-])NCCC1CCN(c2ccncn2)CC1. The summed E-state index contributed by atoms with van der Waals surface area (Å²) in [6.07, 6.45) is 6.67. The van der Waals surface area contributed by atoms with E-state index in [1.807, 2.05) is 6.07 Å². The molecule has 1 aliphatic rings. The highest BCUT2D eigenvalue weighted by atomic mass is 32.2. The van der Waals surface area contributed by atoms with Crippen molar-refractivity contribution in [2.45, 2.75) is 19.3 Å². The van der Waals surface area contributed by atoms with Gasteiger partial charge >= 0.3 is 0 Å². The highest BCUT2D eigenvalue weighted by Crippen LogP contribution is 2.23. The van der Waals surface area contributed by atoms with Crippen LogP contribution in [0.5, 0.6) is 0 Å². The second-order valence-electron chi connectivity index (χ2n) is 4.48. The zero-order chi connectivity index (χ0) is 12.8. The molecular formula is C11H19N5OS. The van der Waals surface area contributed by atoms with Crippen molar-refractivity contribution in [1.29, 1.82) is 0 Å². The lowest BCUT2D eigenvalue weighted by molar-refractivity contribution is 0.380. The Balaban J connectivity index is 1.71. The van der Waals surface area contributed by atoms with Gasteiger partial charge in [0.05, 0.1) is 0 Å². The van der Waals surface area contributed by atoms with Crippen molar-refractivity contribution >= 4 is 17.4 Å². The van der Waals surface area contributed by atoms with Gasteiger partial charge in [-0.2, -0.15) is 0 Å². The van der Waals surface area contributed by atoms with Crippen LogP contribution in [0, 0.1) is 5.92 Å². The molecule has 1 fully saturated rings. The molecule has 18 heavy (non-hydrogen) atoms. The third kappa shape index (κ3) is 4.09. The molecular weight excluding hydrogens is 250 g/mol. The van der Waals surface area contributed by atoms with Gasteiger partial charge in [-0.3, -0.25) is 0 Å². The van der Waals surface area contributed by atoms with Gasteiger partial charge in [-0.1, -0.05) is 0 Å². The molecule has 100 valence electrons. The van der Waals surface area contributed by atoms with E-state index in [1.54, 1.807) is 12.5 Å². The fourth-order valence-corrected chi connectivity index (χ4v) is 2.60. The van der Waals surface area contributed by atoms with E-state index in [4.69, 9.17) is 5.14 Å². The van der Waals surface area contributed by atoms with E-state index >= 15 is 0 Å². The first-order chi connectivity index (χ1) is 8.75. The maximum absolute atomic E-state index is 10.7. The molecule has 0 spiro atoms. The normalized spacial score (nSPS) is 18.9. The molecule has 1 atom stereocenters. The van der Waals surface area contributed by atoms with Gasteiger partial charge in [-0.25, -0.2) is 9.97 Å². The topological polar surface area (TPSA) is 90.1 Å². The Labute approximate surface area is 110 Å². The zero-order valence-electron chi connectivity index (χ0n) is 10.3. The summed E-state index contributed by atoms with van der Waals surface area (Å²) >= 11 is -1.38. The smallest absolute Gasteiger partial charge is 0.132 e. The number of piperidine rings is 1. The van der Waals surface area contributed by atoms with E-state index < -0.39 is 11.5 Å². The third-order valence-electron chi connectivity index (χ3n) is 3.30. The fourth-order valence-electron chi connectivity index (χ4n) is 2.29. The molecule has 1 saturated heterocycles. The molecule has 0 aromatic carbocycles. The standard InChI is InChI=1S/C11H19N5OS/c12-18(17)15-6-1-10-3-7-16(8-4-10)11-2-5-13-9-14-11/h2,5,9-10,15H,1,3-4,6-8,12H2. The molecule has 2 rings (SSSR count). The van der Waals surface area contributed by atoms with Gasteiger partial charge in [0, 0.05) is 25.8 Å². The Morgan fingerprint density at radius 2 is 2.28 bits per heavy atom. The van der Waals surface area contributed by atoms with Crippen LogP contribution in [0.15, 0.2) is 18.6 Å². The zero-order valence-corrected chi connectivity index (χ0v) is 11.1. The Bertz CT molecular complexity index is 343. The number of nitrogens with two attached hydrogens (primary N) is 1. The van der Waals surface area contributed by atoms with E-state index in [-0.39, 0.29) is 0 Å². The highest BCUT2D eigenvalue weighted by Gasteiger charge is 2.20. The summed E-state index contributed by atoms with van der Waals surface area (Å²) in [6.45, 7) is 2.77. The van der Waals surface area contributed by atoms with Crippen molar-refractivity contribution in [1.82, 2.24) is 14.7 Å². The van der Waals surface area contributed by atoms with Crippen molar-refractivity contribution in [2.24, 2.45) is 11.1 Å². The molecule has 0 bridgehead atoms. The first kappa shape index (κ1) is 13.5. The van der Waals surface area contributed by atoms with Gasteiger partial charge in [0.2, 0.25) is 0 Å². The molecule has 0 amide bonds. The molecule has 1 unspecified atom stereocenters. The van der Waals surface area contributed by atoms with Crippen molar-refractivity contribution in [3.8, 4) is 0 Å². The van der Waals surface area contributed by atoms with Crippen LogP contribution in [-0.4, -0.2) is 34.2 Å².